The van der Waals surface area contributed by atoms with E-state index in [1.807, 2.05) is 45.0 Å². The largest absolute Gasteiger partial charge is 0.469 e. The average Bonchev–Trinajstić information content (AvgIpc) is 2.31. The summed E-state index contributed by atoms with van der Waals surface area (Å²) in [5.41, 5.74) is 1.45. The minimum atomic E-state index is -0.710. The highest BCUT2D eigenvalue weighted by Crippen LogP contribution is 2.37. The number of aryl methyl sites for hydroxylation is 1. The fourth-order valence-corrected chi connectivity index (χ4v) is 1.96. The van der Waals surface area contributed by atoms with Crippen molar-refractivity contribution in [1.29, 1.82) is 0 Å². The normalized spacial score (nSPS) is 13.2. The van der Waals surface area contributed by atoms with E-state index in [2.05, 4.69) is 0 Å². The smallest absolute Gasteiger partial charge is 0.314 e. The van der Waals surface area contributed by atoms with Crippen molar-refractivity contribution in [2.45, 2.75) is 26.9 Å². The molecule has 3 heteroatoms. The monoisotopic (exact) mass is 236 g/mol. The summed E-state index contributed by atoms with van der Waals surface area (Å²) in [6.45, 7) is 5.68. The molecule has 3 nitrogen and oxygen atoms in total. The molecule has 17 heavy (non-hydrogen) atoms. The number of hydrogen-bond donors (Lipinski definition) is 0. The molecular formula is C14H20O3. The summed E-state index contributed by atoms with van der Waals surface area (Å²) in [4.78, 5) is 11.8. The van der Waals surface area contributed by atoms with Crippen LogP contribution in [0.15, 0.2) is 24.3 Å². The molecule has 1 atom stereocenters. The second-order valence-electron chi connectivity index (χ2n) is 4.74. The zero-order valence-electron chi connectivity index (χ0n) is 11.1. The number of methoxy groups -OCH3 is 2. The van der Waals surface area contributed by atoms with Crippen LogP contribution in [0.1, 0.15) is 31.1 Å². The Morgan fingerprint density at radius 1 is 1.18 bits per heavy atom. The van der Waals surface area contributed by atoms with Gasteiger partial charge in [0.2, 0.25) is 0 Å². The number of benzene rings is 1. The van der Waals surface area contributed by atoms with Crippen molar-refractivity contribution >= 4 is 5.97 Å². The number of rotatable bonds is 4. The Balaban J connectivity index is 3.06. The Hall–Kier alpha value is -1.35. The van der Waals surface area contributed by atoms with E-state index in [4.69, 9.17) is 9.47 Å². The molecule has 0 aliphatic rings. The number of carbonyl (C=O) groups is 1. The third-order valence-electron chi connectivity index (χ3n) is 2.98. The van der Waals surface area contributed by atoms with Gasteiger partial charge in [-0.15, -0.1) is 0 Å². The van der Waals surface area contributed by atoms with Gasteiger partial charge in [-0.2, -0.15) is 0 Å². The van der Waals surface area contributed by atoms with Gasteiger partial charge in [-0.05, 0) is 26.3 Å². The minimum Gasteiger partial charge on any atom is -0.469 e. The first-order valence-corrected chi connectivity index (χ1v) is 5.61. The zero-order valence-corrected chi connectivity index (χ0v) is 11.1. The Morgan fingerprint density at radius 3 is 2.12 bits per heavy atom. The molecule has 0 N–H and O–H groups in total. The predicted molar refractivity (Wildman–Crippen MR) is 66.7 cm³/mol. The maximum atomic E-state index is 11.8. The van der Waals surface area contributed by atoms with Gasteiger partial charge in [0.15, 0.2) is 0 Å². The van der Waals surface area contributed by atoms with Crippen molar-refractivity contribution in [3.05, 3.63) is 35.4 Å². The molecule has 0 saturated carbocycles. The van der Waals surface area contributed by atoms with Crippen molar-refractivity contribution in [2.75, 3.05) is 14.2 Å². The lowest BCUT2D eigenvalue weighted by atomic mass is 9.82. The van der Waals surface area contributed by atoms with Crippen LogP contribution in [0.25, 0.3) is 0 Å². The van der Waals surface area contributed by atoms with Gasteiger partial charge in [-0.25, -0.2) is 0 Å². The second kappa shape index (κ2) is 5.32. The molecule has 0 fully saturated rings. The van der Waals surface area contributed by atoms with E-state index < -0.39 is 5.41 Å². The van der Waals surface area contributed by atoms with Gasteiger partial charge in [0.25, 0.3) is 0 Å². The molecule has 0 radical (unpaired) electrons. The topological polar surface area (TPSA) is 35.5 Å². The van der Waals surface area contributed by atoms with Gasteiger partial charge in [0.1, 0.15) is 0 Å². The van der Waals surface area contributed by atoms with E-state index in [9.17, 15) is 4.79 Å². The highest BCUT2D eigenvalue weighted by atomic mass is 16.5. The molecule has 0 spiro atoms. The van der Waals surface area contributed by atoms with Crippen molar-refractivity contribution in [2.24, 2.45) is 5.41 Å². The predicted octanol–water partition coefficient (Wildman–Crippen LogP) is 2.88. The molecule has 0 saturated heterocycles. The number of ether oxygens (including phenoxy) is 2. The molecule has 0 aromatic heterocycles. The van der Waals surface area contributed by atoms with Crippen LogP contribution in [0, 0.1) is 12.3 Å². The standard InChI is InChI=1S/C14H20O3/c1-10-6-8-11(9-7-10)12(16-4)14(2,3)13(15)17-5/h6-9,12H,1-5H3. The Morgan fingerprint density at radius 2 is 1.71 bits per heavy atom. The first-order chi connectivity index (χ1) is 7.93. The van der Waals surface area contributed by atoms with E-state index in [0.717, 1.165) is 5.56 Å². The third kappa shape index (κ3) is 2.86. The first kappa shape index (κ1) is 13.7. The van der Waals surface area contributed by atoms with Gasteiger partial charge in [0, 0.05) is 7.11 Å². The molecule has 0 heterocycles. The maximum absolute atomic E-state index is 11.8. The number of hydrogen-bond acceptors (Lipinski definition) is 3. The maximum Gasteiger partial charge on any atom is 0.314 e. The Bertz CT molecular complexity index is 379. The zero-order chi connectivity index (χ0) is 13.1. The van der Waals surface area contributed by atoms with Crippen LogP contribution in [-0.4, -0.2) is 20.2 Å². The van der Waals surface area contributed by atoms with Crippen LogP contribution in [0.2, 0.25) is 0 Å². The van der Waals surface area contributed by atoms with Crippen molar-refractivity contribution in [3.8, 4) is 0 Å². The van der Waals surface area contributed by atoms with Gasteiger partial charge in [0.05, 0.1) is 18.6 Å². The van der Waals surface area contributed by atoms with Gasteiger partial charge in [-0.1, -0.05) is 29.8 Å². The van der Waals surface area contributed by atoms with E-state index in [1.54, 1.807) is 7.11 Å². The molecule has 1 unspecified atom stereocenters. The summed E-state index contributed by atoms with van der Waals surface area (Å²) < 4.78 is 10.3. The highest BCUT2D eigenvalue weighted by molar-refractivity contribution is 5.76. The van der Waals surface area contributed by atoms with E-state index in [1.165, 1.54) is 12.7 Å². The van der Waals surface area contributed by atoms with Gasteiger partial charge >= 0.3 is 5.97 Å². The summed E-state index contributed by atoms with van der Waals surface area (Å²) >= 11 is 0. The van der Waals surface area contributed by atoms with Crippen LogP contribution in [0.3, 0.4) is 0 Å². The third-order valence-corrected chi connectivity index (χ3v) is 2.98. The molecule has 0 aliphatic heterocycles. The SMILES string of the molecule is COC(=O)C(C)(C)C(OC)c1ccc(C)cc1. The molecule has 1 rings (SSSR count). The Kier molecular flexibility index (Phi) is 4.29. The summed E-state index contributed by atoms with van der Waals surface area (Å²) in [6, 6.07) is 7.98. The molecule has 94 valence electrons. The van der Waals surface area contributed by atoms with Gasteiger partial charge in [-0.3, -0.25) is 4.79 Å². The first-order valence-electron chi connectivity index (χ1n) is 5.61. The van der Waals surface area contributed by atoms with Gasteiger partial charge < -0.3 is 9.47 Å². The van der Waals surface area contributed by atoms with Crippen LogP contribution >= 0.6 is 0 Å². The quantitative estimate of drug-likeness (QED) is 0.754. The lowest BCUT2D eigenvalue weighted by Gasteiger charge is -2.30. The van der Waals surface area contributed by atoms with Crippen LogP contribution in [-0.2, 0) is 14.3 Å². The molecule has 0 bridgehead atoms. The van der Waals surface area contributed by atoms with E-state index in [0.29, 0.717) is 0 Å². The van der Waals surface area contributed by atoms with Crippen molar-refractivity contribution in [3.63, 3.8) is 0 Å². The number of esters is 1. The molecule has 1 aromatic rings. The highest BCUT2D eigenvalue weighted by Gasteiger charge is 2.39. The summed E-state index contributed by atoms with van der Waals surface area (Å²) in [6.07, 6.45) is -0.310. The molecular weight excluding hydrogens is 216 g/mol. The molecule has 0 amide bonds. The second-order valence-corrected chi connectivity index (χ2v) is 4.74. The van der Waals surface area contributed by atoms with Crippen LogP contribution in [0.4, 0.5) is 0 Å². The summed E-state index contributed by atoms with van der Waals surface area (Å²) in [7, 11) is 3.00. The van der Waals surface area contributed by atoms with E-state index >= 15 is 0 Å². The van der Waals surface area contributed by atoms with Crippen LogP contribution < -0.4 is 0 Å². The van der Waals surface area contributed by atoms with E-state index in [-0.39, 0.29) is 12.1 Å². The Labute approximate surface area is 103 Å². The van der Waals surface area contributed by atoms with Crippen LogP contribution in [0.5, 0.6) is 0 Å². The summed E-state index contributed by atoms with van der Waals surface area (Å²) in [5.74, 6) is -0.273. The number of carbonyl (C=O) groups excluding carboxylic acids is 1. The lowest BCUT2D eigenvalue weighted by Crippen LogP contribution is -2.33. The van der Waals surface area contributed by atoms with Crippen molar-refractivity contribution < 1.29 is 14.3 Å². The molecule has 1 aromatic carbocycles. The lowest BCUT2D eigenvalue weighted by molar-refractivity contribution is -0.159. The van der Waals surface area contributed by atoms with Crippen molar-refractivity contribution in [1.82, 2.24) is 0 Å². The molecule has 0 aliphatic carbocycles. The summed E-state index contributed by atoms with van der Waals surface area (Å²) in [5, 5.41) is 0. The minimum absolute atomic E-state index is 0.273. The average molecular weight is 236 g/mol. The fraction of sp³-hybridized carbons (Fsp3) is 0.500. The fourth-order valence-electron chi connectivity index (χ4n) is 1.96.